The number of phenolic OH excluding ortho intramolecular Hbond substituents is 1. The smallest absolute Gasteiger partial charge is 0.117 e. The number of anilines is 2. The number of phenols is 1. The number of nitrogens with zero attached hydrogens (tertiary/aromatic N) is 1. The average Bonchev–Trinajstić information content (AvgIpc) is 2.38. The number of benzene rings is 2. The Morgan fingerprint density at radius 1 is 1.05 bits per heavy atom. The van der Waals surface area contributed by atoms with E-state index in [-0.39, 0.29) is 5.75 Å². The molecule has 0 fully saturated rings. The molecule has 3 nitrogen and oxygen atoms in total. The van der Waals surface area contributed by atoms with Crippen LogP contribution in [0.3, 0.4) is 0 Å². The highest BCUT2D eigenvalue weighted by atomic mass is 127. The van der Waals surface area contributed by atoms with Gasteiger partial charge in [0.1, 0.15) is 5.75 Å². The number of pyridine rings is 1. The molecule has 0 spiro atoms. The van der Waals surface area contributed by atoms with Crippen LogP contribution in [0.15, 0.2) is 54.7 Å². The first-order valence-corrected chi connectivity index (χ1v) is 6.90. The van der Waals surface area contributed by atoms with E-state index in [1.165, 1.54) is 0 Å². The summed E-state index contributed by atoms with van der Waals surface area (Å²) in [5.41, 5.74) is 2.79. The maximum absolute atomic E-state index is 9.49. The van der Waals surface area contributed by atoms with E-state index >= 15 is 0 Å². The first kappa shape index (κ1) is 12.2. The molecule has 0 atom stereocenters. The average molecular weight is 362 g/mol. The Kier molecular flexibility index (Phi) is 3.25. The van der Waals surface area contributed by atoms with Gasteiger partial charge in [-0.3, -0.25) is 4.98 Å². The fraction of sp³-hybridized carbons (Fsp3) is 0. The van der Waals surface area contributed by atoms with E-state index in [0.29, 0.717) is 0 Å². The van der Waals surface area contributed by atoms with Gasteiger partial charge < -0.3 is 10.4 Å². The summed E-state index contributed by atoms with van der Waals surface area (Å²) >= 11 is 2.27. The topological polar surface area (TPSA) is 45.1 Å². The molecule has 0 aliphatic carbocycles. The van der Waals surface area contributed by atoms with Gasteiger partial charge in [-0.05, 0) is 59.0 Å². The Balaban J connectivity index is 2.06. The van der Waals surface area contributed by atoms with Crippen LogP contribution in [0.5, 0.6) is 5.75 Å². The summed E-state index contributed by atoms with van der Waals surface area (Å²) in [6.07, 6.45) is 1.78. The van der Waals surface area contributed by atoms with E-state index in [1.807, 2.05) is 24.3 Å². The van der Waals surface area contributed by atoms with Crippen molar-refractivity contribution < 1.29 is 5.11 Å². The number of halogens is 1. The van der Waals surface area contributed by atoms with Gasteiger partial charge in [-0.15, -0.1) is 0 Å². The van der Waals surface area contributed by atoms with Crippen molar-refractivity contribution in [2.45, 2.75) is 0 Å². The second-order valence-corrected chi connectivity index (χ2v) is 5.44. The number of fused-ring (bicyclic) bond motifs is 1. The van der Waals surface area contributed by atoms with E-state index in [1.54, 1.807) is 18.3 Å². The molecule has 0 saturated heterocycles. The molecule has 0 aliphatic rings. The van der Waals surface area contributed by atoms with Gasteiger partial charge in [-0.2, -0.15) is 0 Å². The maximum atomic E-state index is 9.49. The largest absolute Gasteiger partial charge is 0.508 e. The fourth-order valence-electron chi connectivity index (χ4n) is 1.97. The Hall–Kier alpha value is -1.82. The van der Waals surface area contributed by atoms with Crippen molar-refractivity contribution in [1.29, 1.82) is 0 Å². The number of hydrogen-bond donors (Lipinski definition) is 2. The molecule has 2 N–H and O–H groups in total. The van der Waals surface area contributed by atoms with E-state index < -0.39 is 0 Å². The van der Waals surface area contributed by atoms with Crippen LogP contribution in [0, 0.1) is 3.57 Å². The SMILES string of the molecule is Oc1cccc(Nc2ccnc3cc(I)ccc23)c1. The summed E-state index contributed by atoms with van der Waals surface area (Å²) < 4.78 is 1.16. The Bertz CT molecular complexity index is 743. The minimum absolute atomic E-state index is 0.248. The molecule has 0 bridgehead atoms. The van der Waals surface area contributed by atoms with Crippen molar-refractivity contribution in [1.82, 2.24) is 4.98 Å². The lowest BCUT2D eigenvalue weighted by Gasteiger charge is -2.09. The van der Waals surface area contributed by atoms with E-state index in [4.69, 9.17) is 0 Å². The van der Waals surface area contributed by atoms with Crippen LogP contribution < -0.4 is 5.32 Å². The third kappa shape index (κ3) is 2.63. The quantitative estimate of drug-likeness (QED) is 0.669. The molecular weight excluding hydrogens is 351 g/mol. The van der Waals surface area contributed by atoms with Gasteiger partial charge in [0.05, 0.1) is 5.52 Å². The summed E-state index contributed by atoms with van der Waals surface area (Å²) in [6, 6.07) is 15.1. The normalized spacial score (nSPS) is 10.6. The molecule has 0 amide bonds. The van der Waals surface area contributed by atoms with Crippen LogP contribution in [-0.4, -0.2) is 10.1 Å². The highest BCUT2D eigenvalue weighted by Crippen LogP contribution is 2.27. The molecule has 0 aliphatic heterocycles. The molecule has 3 rings (SSSR count). The molecule has 19 heavy (non-hydrogen) atoms. The molecule has 2 aromatic carbocycles. The van der Waals surface area contributed by atoms with Gasteiger partial charge >= 0.3 is 0 Å². The van der Waals surface area contributed by atoms with Crippen LogP contribution in [0.1, 0.15) is 0 Å². The third-order valence-electron chi connectivity index (χ3n) is 2.83. The van der Waals surface area contributed by atoms with Crippen molar-refractivity contribution in [3.8, 4) is 5.75 Å². The van der Waals surface area contributed by atoms with Crippen molar-refractivity contribution in [3.63, 3.8) is 0 Å². The zero-order valence-electron chi connectivity index (χ0n) is 9.97. The predicted molar refractivity (Wildman–Crippen MR) is 85.8 cm³/mol. The summed E-state index contributed by atoms with van der Waals surface area (Å²) in [7, 11) is 0. The van der Waals surface area contributed by atoms with Crippen LogP contribution >= 0.6 is 22.6 Å². The highest BCUT2D eigenvalue weighted by molar-refractivity contribution is 14.1. The molecule has 3 aromatic rings. The summed E-state index contributed by atoms with van der Waals surface area (Å²) in [5, 5.41) is 13.9. The van der Waals surface area contributed by atoms with Gasteiger partial charge in [0.15, 0.2) is 0 Å². The van der Waals surface area contributed by atoms with Gasteiger partial charge in [0, 0.05) is 32.6 Å². The Morgan fingerprint density at radius 3 is 2.79 bits per heavy atom. The minimum atomic E-state index is 0.248. The number of hydrogen-bond acceptors (Lipinski definition) is 3. The molecule has 1 heterocycles. The lowest BCUT2D eigenvalue weighted by atomic mass is 10.2. The summed E-state index contributed by atoms with van der Waals surface area (Å²) in [4.78, 5) is 4.37. The predicted octanol–water partition coefficient (Wildman–Crippen LogP) is 4.29. The summed E-state index contributed by atoms with van der Waals surface area (Å²) in [6.45, 7) is 0. The zero-order chi connectivity index (χ0) is 13.2. The van der Waals surface area contributed by atoms with Crippen LogP contribution in [0.25, 0.3) is 10.9 Å². The lowest BCUT2D eigenvalue weighted by molar-refractivity contribution is 0.475. The van der Waals surface area contributed by atoms with Crippen LogP contribution in [-0.2, 0) is 0 Å². The Labute approximate surface area is 124 Å². The molecule has 0 radical (unpaired) electrons. The molecule has 0 unspecified atom stereocenters. The minimum Gasteiger partial charge on any atom is -0.508 e. The van der Waals surface area contributed by atoms with Crippen LogP contribution in [0.2, 0.25) is 0 Å². The summed E-state index contributed by atoms with van der Waals surface area (Å²) in [5.74, 6) is 0.248. The fourth-order valence-corrected chi connectivity index (χ4v) is 2.44. The first-order chi connectivity index (χ1) is 9.22. The highest BCUT2D eigenvalue weighted by Gasteiger charge is 2.03. The van der Waals surface area contributed by atoms with E-state index in [9.17, 15) is 5.11 Å². The number of rotatable bonds is 2. The van der Waals surface area contributed by atoms with Crippen molar-refractivity contribution in [3.05, 3.63) is 58.3 Å². The zero-order valence-corrected chi connectivity index (χ0v) is 12.1. The maximum Gasteiger partial charge on any atom is 0.117 e. The van der Waals surface area contributed by atoms with Gasteiger partial charge in [0.25, 0.3) is 0 Å². The van der Waals surface area contributed by atoms with Gasteiger partial charge in [-0.1, -0.05) is 6.07 Å². The number of nitrogens with one attached hydrogen (secondary N) is 1. The first-order valence-electron chi connectivity index (χ1n) is 5.83. The number of aromatic hydroxyl groups is 1. The molecule has 0 saturated carbocycles. The Morgan fingerprint density at radius 2 is 1.95 bits per heavy atom. The van der Waals surface area contributed by atoms with E-state index in [2.05, 4.69) is 45.0 Å². The monoisotopic (exact) mass is 362 g/mol. The van der Waals surface area contributed by atoms with Gasteiger partial charge in [-0.25, -0.2) is 0 Å². The second-order valence-electron chi connectivity index (χ2n) is 4.20. The number of aromatic nitrogens is 1. The lowest BCUT2D eigenvalue weighted by Crippen LogP contribution is -1.92. The molecule has 1 aromatic heterocycles. The molecule has 94 valence electrons. The van der Waals surface area contributed by atoms with E-state index in [0.717, 1.165) is 25.8 Å². The van der Waals surface area contributed by atoms with Crippen LogP contribution in [0.4, 0.5) is 11.4 Å². The standard InChI is InChI=1S/C15H11IN2O/c16-10-4-5-13-14(6-7-17-15(13)8-10)18-11-2-1-3-12(19)9-11/h1-9,19H,(H,17,18). The second kappa shape index (κ2) is 5.05. The van der Waals surface area contributed by atoms with Crippen molar-refractivity contribution in [2.24, 2.45) is 0 Å². The van der Waals surface area contributed by atoms with Gasteiger partial charge in [0.2, 0.25) is 0 Å². The van der Waals surface area contributed by atoms with Crippen molar-refractivity contribution >= 4 is 44.9 Å². The van der Waals surface area contributed by atoms with Crippen molar-refractivity contribution in [2.75, 3.05) is 5.32 Å². The third-order valence-corrected chi connectivity index (χ3v) is 3.50. The molecule has 4 heteroatoms. The molecular formula is C15H11IN2O.